The monoisotopic (exact) mass is 595 g/mol. The van der Waals surface area contributed by atoms with Crippen molar-refractivity contribution in [2.75, 3.05) is 17.1 Å². The maximum absolute atomic E-state index is 13.6. The van der Waals surface area contributed by atoms with Crippen molar-refractivity contribution in [3.8, 4) is 0 Å². The summed E-state index contributed by atoms with van der Waals surface area (Å²) < 4.78 is 26.6. The molecule has 3 rings (SSSR count). The van der Waals surface area contributed by atoms with E-state index in [1.165, 1.54) is 10.7 Å². The van der Waals surface area contributed by atoms with Gasteiger partial charge in [-0.1, -0.05) is 67.6 Å². The van der Waals surface area contributed by atoms with Crippen LogP contribution in [0.4, 0.5) is 5.69 Å². The Kier molecular flexibility index (Phi) is 11.5. The van der Waals surface area contributed by atoms with E-state index in [0.717, 1.165) is 37.5 Å². The van der Waals surface area contributed by atoms with E-state index in [4.69, 9.17) is 23.2 Å². The van der Waals surface area contributed by atoms with Gasteiger partial charge in [-0.2, -0.15) is 0 Å². The molecule has 7 nitrogen and oxygen atoms in total. The minimum absolute atomic E-state index is 0.0897. The third kappa shape index (κ3) is 8.85. The highest BCUT2D eigenvalue weighted by molar-refractivity contribution is 7.92. The van der Waals surface area contributed by atoms with E-state index in [-0.39, 0.29) is 43.8 Å². The fraction of sp³-hybridized carbons (Fsp3) is 0.517. The summed E-state index contributed by atoms with van der Waals surface area (Å²) in [5.41, 5.74) is 2.02. The highest BCUT2D eigenvalue weighted by Gasteiger charge is 2.30. The molecule has 0 heterocycles. The minimum Gasteiger partial charge on any atom is -0.352 e. The summed E-state index contributed by atoms with van der Waals surface area (Å²) in [4.78, 5) is 28.6. The second kappa shape index (κ2) is 14.4. The third-order valence-corrected chi connectivity index (χ3v) is 9.10. The number of carbonyl (C=O) groups is 2. The van der Waals surface area contributed by atoms with E-state index in [0.29, 0.717) is 27.7 Å². The number of benzene rings is 2. The number of nitrogens with zero attached hydrogens (tertiary/aromatic N) is 2. The molecule has 1 aliphatic rings. The average molecular weight is 597 g/mol. The summed E-state index contributed by atoms with van der Waals surface area (Å²) in [6, 6.07) is 11.9. The SMILES string of the molecule is CCC(C(=O)NC1CCCCC1)N(Cc1ccc(Cl)cc1)C(=O)CCCN(c1cccc(Cl)c1C)S(C)(=O)=O. The van der Waals surface area contributed by atoms with Gasteiger partial charge in [0, 0.05) is 35.6 Å². The van der Waals surface area contributed by atoms with Crippen molar-refractivity contribution in [3.05, 3.63) is 63.6 Å². The average Bonchev–Trinajstić information content (AvgIpc) is 2.89. The van der Waals surface area contributed by atoms with Crippen molar-refractivity contribution >= 4 is 50.7 Å². The number of hydrogen-bond acceptors (Lipinski definition) is 4. The smallest absolute Gasteiger partial charge is 0.243 e. The Morgan fingerprint density at radius 2 is 1.72 bits per heavy atom. The van der Waals surface area contributed by atoms with Gasteiger partial charge in [0.1, 0.15) is 6.04 Å². The van der Waals surface area contributed by atoms with E-state index in [1.807, 2.05) is 19.1 Å². The molecule has 1 fully saturated rings. The lowest BCUT2D eigenvalue weighted by Crippen LogP contribution is -2.51. The van der Waals surface area contributed by atoms with Crippen LogP contribution in [0.5, 0.6) is 0 Å². The lowest BCUT2D eigenvalue weighted by molar-refractivity contribution is -0.141. The molecular weight excluding hydrogens is 557 g/mol. The first-order valence-electron chi connectivity index (χ1n) is 13.6. The first kappa shape index (κ1) is 31.2. The molecule has 2 aromatic carbocycles. The fourth-order valence-electron chi connectivity index (χ4n) is 5.10. The molecule has 39 heavy (non-hydrogen) atoms. The van der Waals surface area contributed by atoms with E-state index >= 15 is 0 Å². The van der Waals surface area contributed by atoms with Crippen LogP contribution in [-0.2, 0) is 26.2 Å². The molecule has 2 aromatic rings. The summed E-state index contributed by atoms with van der Waals surface area (Å²) in [6.45, 7) is 4.05. The molecule has 10 heteroatoms. The quantitative estimate of drug-likeness (QED) is 0.321. The summed E-state index contributed by atoms with van der Waals surface area (Å²) in [5, 5.41) is 4.24. The first-order valence-corrected chi connectivity index (χ1v) is 16.2. The van der Waals surface area contributed by atoms with Crippen LogP contribution in [-0.4, -0.2) is 50.0 Å². The minimum atomic E-state index is -3.61. The van der Waals surface area contributed by atoms with Crippen LogP contribution in [0.15, 0.2) is 42.5 Å². The fourth-order valence-corrected chi connectivity index (χ4v) is 6.41. The number of rotatable bonds is 12. The Balaban J connectivity index is 1.77. The van der Waals surface area contributed by atoms with Crippen molar-refractivity contribution in [2.24, 2.45) is 0 Å². The van der Waals surface area contributed by atoms with Crippen molar-refractivity contribution in [1.29, 1.82) is 0 Å². The van der Waals surface area contributed by atoms with Crippen LogP contribution >= 0.6 is 23.2 Å². The molecule has 0 saturated heterocycles. The highest BCUT2D eigenvalue weighted by atomic mass is 35.5. The molecule has 1 saturated carbocycles. The third-order valence-electron chi connectivity index (χ3n) is 7.26. The van der Waals surface area contributed by atoms with Crippen LogP contribution in [0.25, 0.3) is 0 Å². The van der Waals surface area contributed by atoms with Crippen LogP contribution in [0, 0.1) is 6.92 Å². The number of halogens is 2. The van der Waals surface area contributed by atoms with Crippen LogP contribution < -0.4 is 9.62 Å². The summed E-state index contributed by atoms with van der Waals surface area (Å²) in [5.74, 6) is -0.342. The molecule has 1 unspecified atom stereocenters. The lowest BCUT2D eigenvalue weighted by Gasteiger charge is -2.33. The molecule has 0 spiro atoms. The zero-order chi connectivity index (χ0) is 28.6. The lowest BCUT2D eigenvalue weighted by atomic mass is 9.95. The van der Waals surface area contributed by atoms with Gasteiger partial charge in [-0.3, -0.25) is 13.9 Å². The van der Waals surface area contributed by atoms with Gasteiger partial charge in [0.2, 0.25) is 21.8 Å². The second-order valence-electron chi connectivity index (χ2n) is 10.2. The molecule has 1 atom stereocenters. The zero-order valence-corrected chi connectivity index (χ0v) is 25.3. The van der Waals surface area contributed by atoms with Gasteiger partial charge < -0.3 is 10.2 Å². The van der Waals surface area contributed by atoms with Gasteiger partial charge in [0.25, 0.3) is 0 Å². The van der Waals surface area contributed by atoms with E-state index < -0.39 is 16.1 Å². The molecule has 214 valence electrons. The first-order chi connectivity index (χ1) is 18.5. The topological polar surface area (TPSA) is 86.8 Å². The van der Waals surface area contributed by atoms with Crippen molar-refractivity contribution in [3.63, 3.8) is 0 Å². The number of nitrogens with one attached hydrogen (secondary N) is 1. The molecule has 1 N–H and O–H groups in total. The number of hydrogen-bond donors (Lipinski definition) is 1. The normalized spacial score (nSPS) is 15.0. The maximum atomic E-state index is 13.6. The number of carbonyl (C=O) groups excluding carboxylic acids is 2. The Morgan fingerprint density at radius 3 is 2.33 bits per heavy atom. The standard InChI is InChI=1S/C29H39Cl2N3O4S/c1-4-26(29(36)32-24-10-6-5-7-11-24)33(20-22-15-17-23(30)18-16-22)28(35)14-9-19-34(39(3,37)38)27-13-8-12-25(31)21(27)2/h8,12-13,15-18,24,26H,4-7,9-11,14,19-20H2,1-3H3,(H,32,36). The van der Waals surface area contributed by atoms with Crippen molar-refractivity contribution < 1.29 is 18.0 Å². The molecular formula is C29H39Cl2N3O4S. The van der Waals surface area contributed by atoms with Gasteiger partial charge in [0.05, 0.1) is 11.9 Å². The molecule has 0 bridgehead atoms. The van der Waals surface area contributed by atoms with E-state index in [1.54, 1.807) is 42.2 Å². The van der Waals surface area contributed by atoms with Crippen LogP contribution in [0.2, 0.25) is 10.0 Å². The molecule has 1 aliphatic carbocycles. The van der Waals surface area contributed by atoms with Crippen molar-refractivity contribution in [1.82, 2.24) is 10.2 Å². The van der Waals surface area contributed by atoms with Crippen molar-refractivity contribution in [2.45, 2.75) is 83.8 Å². The molecule has 2 amide bonds. The van der Waals surface area contributed by atoms with Gasteiger partial charge in [0.15, 0.2) is 0 Å². The van der Waals surface area contributed by atoms with E-state index in [9.17, 15) is 18.0 Å². The van der Waals surface area contributed by atoms with E-state index in [2.05, 4.69) is 5.32 Å². The second-order valence-corrected chi connectivity index (χ2v) is 13.0. The molecule has 0 radical (unpaired) electrons. The molecule has 0 aromatic heterocycles. The van der Waals surface area contributed by atoms with Crippen LogP contribution in [0.1, 0.15) is 69.4 Å². The van der Waals surface area contributed by atoms with Gasteiger partial charge >= 0.3 is 0 Å². The number of sulfonamides is 1. The Hall–Kier alpha value is -2.29. The highest BCUT2D eigenvalue weighted by Crippen LogP contribution is 2.29. The maximum Gasteiger partial charge on any atom is 0.243 e. The molecule has 0 aliphatic heterocycles. The van der Waals surface area contributed by atoms with Gasteiger partial charge in [-0.05, 0) is 68.0 Å². The Morgan fingerprint density at radius 1 is 1.05 bits per heavy atom. The predicted octanol–water partition coefficient (Wildman–Crippen LogP) is 6.10. The van der Waals surface area contributed by atoms with Gasteiger partial charge in [-0.15, -0.1) is 0 Å². The summed E-state index contributed by atoms with van der Waals surface area (Å²) >= 11 is 12.3. The largest absolute Gasteiger partial charge is 0.352 e. The summed E-state index contributed by atoms with van der Waals surface area (Å²) in [7, 11) is -3.61. The Bertz CT molecular complexity index is 1230. The Labute approximate surface area is 242 Å². The van der Waals surface area contributed by atoms with Gasteiger partial charge in [-0.25, -0.2) is 8.42 Å². The number of amides is 2. The zero-order valence-electron chi connectivity index (χ0n) is 23.0. The van der Waals surface area contributed by atoms with Crippen LogP contribution in [0.3, 0.4) is 0 Å². The predicted molar refractivity (Wildman–Crippen MR) is 159 cm³/mol. The number of anilines is 1. The summed E-state index contributed by atoms with van der Waals surface area (Å²) in [6.07, 6.45) is 7.27.